The van der Waals surface area contributed by atoms with Crippen molar-refractivity contribution in [1.29, 1.82) is 0 Å². The van der Waals surface area contributed by atoms with Crippen LogP contribution in [0.4, 0.5) is 10.5 Å². The number of carbonyl (C=O) groups is 4. The van der Waals surface area contributed by atoms with E-state index in [0.717, 1.165) is 34.9 Å². The van der Waals surface area contributed by atoms with Crippen LogP contribution in [0.25, 0.3) is 0 Å². The van der Waals surface area contributed by atoms with Crippen LogP contribution in [-0.2, 0) is 14.4 Å². The van der Waals surface area contributed by atoms with Crippen LogP contribution in [0.15, 0.2) is 29.2 Å². The molecule has 1 saturated carbocycles. The third-order valence-corrected chi connectivity index (χ3v) is 6.46. The maximum atomic E-state index is 12.7. The van der Waals surface area contributed by atoms with Crippen LogP contribution < -0.4 is 16.1 Å². The molecule has 3 N–H and O–H groups in total. The standard InChI is InChI=1S/C18H20N4O4S/c23-14(10-13-15(24)19-11-6-2-3-7-12(11)27-13)21-22-16(25)18(20-17(22)26)8-4-1-5-9-18/h2-3,6-7,13H,1,4-5,8-10H2,(H,19,24)(H,20,26)(H,21,23)/t13-/m1/s1. The number of anilines is 1. The molecule has 1 saturated heterocycles. The molecule has 27 heavy (non-hydrogen) atoms. The lowest BCUT2D eigenvalue weighted by molar-refractivity contribution is -0.140. The van der Waals surface area contributed by atoms with Crippen molar-refractivity contribution in [1.82, 2.24) is 15.8 Å². The fraction of sp³-hybridized carbons (Fsp3) is 0.444. The third kappa shape index (κ3) is 3.27. The van der Waals surface area contributed by atoms with Gasteiger partial charge in [0.05, 0.1) is 10.9 Å². The van der Waals surface area contributed by atoms with Crippen molar-refractivity contribution >= 4 is 41.2 Å². The van der Waals surface area contributed by atoms with Crippen molar-refractivity contribution in [2.24, 2.45) is 0 Å². The molecular weight excluding hydrogens is 368 g/mol. The van der Waals surface area contributed by atoms with E-state index in [1.165, 1.54) is 11.8 Å². The number of carbonyl (C=O) groups excluding carboxylic acids is 4. The molecule has 1 aromatic rings. The second kappa shape index (κ2) is 6.88. The molecule has 0 bridgehead atoms. The molecular formula is C18H20N4O4S. The molecule has 3 aliphatic rings. The summed E-state index contributed by atoms with van der Waals surface area (Å²) in [6, 6.07) is 6.74. The highest BCUT2D eigenvalue weighted by Gasteiger charge is 2.52. The molecule has 8 nitrogen and oxygen atoms in total. The summed E-state index contributed by atoms with van der Waals surface area (Å²) in [5, 5.41) is 5.66. The second-order valence-electron chi connectivity index (χ2n) is 7.04. The first-order chi connectivity index (χ1) is 13.0. The average Bonchev–Trinajstić information content (AvgIpc) is 2.87. The van der Waals surface area contributed by atoms with Gasteiger partial charge in [0.15, 0.2) is 0 Å². The number of hydrogen-bond acceptors (Lipinski definition) is 5. The number of hydrazine groups is 1. The first kappa shape index (κ1) is 17.8. The van der Waals surface area contributed by atoms with Gasteiger partial charge in [0.2, 0.25) is 11.8 Å². The topological polar surface area (TPSA) is 108 Å². The van der Waals surface area contributed by atoms with E-state index in [0.29, 0.717) is 12.8 Å². The highest BCUT2D eigenvalue weighted by atomic mass is 32.2. The van der Waals surface area contributed by atoms with E-state index in [9.17, 15) is 19.2 Å². The van der Waals surface area contributed by atoms with Crippen LogP contribution in [0.2, 0.25) is 0 Å². The third-order valence-electron chi connectivity index (χ3n) is 5.18. The van der Waals surface area contributed by atoms with E-state index in [-0.39, 0.29) is 12.3 Å². The minimum absolute atomic E-state index is 0.130. The van der Waals surface area contributed by atoms with Gasteiger partial charge in [0.25, 0.3) is 5.91 Å². The Morgan fingerprint density at radius 2 is 1.93 bits per heavy atom. The van der Waals surface area contributed by atoms with Crippen LogP contribution in [0, 0.1) is 0 Å². The van der Waals surface area contributed by atoms with Gasteiger partial charge in [-0.25, -0.2) is 4.79 Å². The summed E-state index contributed by atoms with van der Waals surface area (Å²) in [6.45, 7) is 0. The molecule has 4 rings (SSSR count). The number of nitrogens with zero attached hydrogens (tertiary/aromatic N) is 1. The largest absolute Gasteiger partial charge is 0.344 e. The smallest absolute Gasteiger partial charge is 0.324 e. The fourth-order valence-electron chi connectivity index (χ4n) is 3.78. The SMILES string of the molecule is O=C(C[C@H]1Sc2ccccc2NC1=O)NN1C(=O)NC2(CCCCC2)C1=O. The van der Waals surface area contributed by atoms with E-state index >= 15 is 0 Å². The number of hydrogen-bond donors (Lipinski definition) is 3. The van der Waals surface area contributed by atoms with E-state index in [1.807, 2.05) is 18.2 Å². The van der Waals surface area contributed by atoms with Crippen LogP contribution in [0.3, 0.4) is 0 Å². The zero-order valence-electron chi connectivity index (χ0n) is 14.6. The van der Waals surface area contributed by atoms with Gasteiger partial charge in [0.1, 0.15) is 5.54 Å². The first-order valence-electron chi connectivity index (χ1n) is 9.01. The van der Waals surface area contributed by atoms with Gasteiger partial charge in [-0.3, -0.25) is 19.8 Å². The highest BCUT2D eigenvalue weighted by molar-refractivity contribution is 8.01. The maximum absolute atomic E-state index is 12.7. The summed E-state index contributed by atoms with van der Waals surface area (Å²) in [4.78, 5) is 50.4. The number of thioether (sulfide) groups is 1. The molecule has 0 radical (unpaired) electrons. The van der Waals surface area contributed by atoms with Gasteiger partial charge in [0, 0.05) is 11.3 Å². The van der Waals surface area contributed by atoms with Crippen LogP contribution in [-0.4, -0.2) is 39.6 Å². The Kier molecular flexibility index (Phi) is 4.55. The summed E-state index contributed by atoms with van der Waals surface area (Å²) in [5.74, 6) is -1.22. The summed E-state index contributed by atoms with van der Waals surface area (Å²) < 4.78 is 0. The van der Waals surface area contributed by atoms with Crippen molar-refractivity contribution < 1.29 is 19.2 Å². The van der Waals surface area contributed by atoms with E-state index < -0.39 is 28.6 Å². The Balaban J connectivity index is 1.40. The van der Waals surface area contributed by atoms with Crippen molar-refractivity contribution in [3.63, 3.8) is 0 Å². The maximum Gasteiger partial charge on any atom is 0.344 e. The lowest BCUT2D eigenvalue weighted by Crippen LogP contribution is -2.51. The predicted octanol–water partition coefficient (Wildman–Crippen LogP) is 1.78. The normalized spacial score (nSPS) is 23.6. The number of urea groups is 1. The summed E-state index contributed by atoms with van der Waals surface area (Å²) in [6.07, 6.45) is 3.81. The van der Waals surface area contributed by atoms with Gasteiger partial charge in [-0.05, 0) is 25.0 Å². The van der Waals surface area contributed by atoms with E-state index in [2.05, 4.69) is 16.1 Å². The Morgan fingerprint density at radius 1 is 1.19 bits per heavy atom. The van der Waals surface area contributed by atoms with Crippen molar-refractivity contribution in [2.75, 3.05) is 5.32 Å². The van der Waals surface area contributed by atoms with Crippen LogP contribution in [0.5, 0.6) is 0 Å². The minimum atomic E-state index is -0.890. The molecule has 0 aromatic heterocycles. The molecule has 2 fully saturated rings. The lowest BCUT2D eigenvalue weighted by atomic mass is 9.82. The molecule has 1 aliphatic carbocycles. The quantitative estimate of drug-likeness (QED) is 0.684. The van der Waals surface area contributed by atoms with Crippen LogP contribution in [0.1, 0.15) is 38.5 Å². The molecule has 9 heteroatoms. The Bertz CT molecular complexity index is 821. The monoisotopic (exact) mass is 388 g/mol. The number of amides is 5. The zero-order chi connectivity index (χ0) is 19.0. The highest BCUT2D eigenvalue weighted by Crippen LogP contribution is 2.37. The Hall–Kier alpha value is -2.55. The van der Waals surface area contributed by atoms with Crippen molar-refractivity contribution in [3.05, 3.63) is 24.3 Å². The summed E-state index contributed by atoms with van der Waals surface area (Å²) in [5.41, 5.74) is 2.21. The number of nitrogens with one attached hydrogen (secondary N) is 3. The Labute approximate surface area is 160 Å². The zero-order valence-corrected chi connectivity index (χ0v) is 15.4. The van der Waals surface area contributed by atoms with Gasteiger partial charge in [-0.1, -0.05) is 31.4 Å². The summed E-state index contributed by atoms with van der Waals surface area (Å²) >= 11 is 1.30. The van der Waals surface area contributed by atoms with E-state index in [4.69, 9.17) is 0 Å². The van der Waals surface area contributed by atoms with Crippen molar-refractivity contribution in [2.45, 2.75) is 54.2 Å². The van der Waals surface area contributed by atoms with Gasteiger partial charge in [-0.2, -0.15) is 5.01 Å². The number of fused-ring (bicyclic) bond motifs is 1. The predicted molar refractivity (Wildman–Crippen MR) is 98.7 cm³/mol. The van der Waals surface area contributed by atoms with Gasteiger partial charge >= 0.3 is 6.03 Å². The minimum Gasteiger partial charge on any atom is -0.324 e. The Morgan fingerprint density at radius 3 is 2.70 bits per heavy atom. The van der Waals surface area contributed by atoms with Gasteiger partial charge < -0.3 is 10.6 Å². The summed E-state index contributed by atoms with van der Waals surface area (Å²) in [7, 11) is 0. The molecule has 5 amide bonds. The first-order valence-corrected chi connectivity index (χ1v) is 9.89. The number of imide groups is 1. The molecule has 2 aliphatic heterocycles. The van der Waals surface area contributed by atoms with Crippen LogP contribution >= 0.6 is 11.8 Å². The lowest BCUT2D eigenvalue weighted by Gasteiger charge is -2.30. The molecule has 2 heterocycles. The van der Waals surface area contributed by atoms with Crippen molar-refractivity contribution in [3.8, 4) is 0 Å². The molecule has 1 atom stereocenters. The number of para-hydroxylation sites is 1. The second-order valence-corrected chi connectivity index (χ2v) is 8.29. The average molecular weight is 388 g/mol. The van der Waals surface area contributed by atoms with Gasteiger partial charge in [-0.15, -0.1) is 11.8 Å². The molecule has 1 aromatic carbocycles. The number of benzene rings is 1. The fourth-order valence-corrected chi connectivity index (χ4v) is 4.89. The molecule has 1 spiro atoms. The molecule has 0 unspecified atom stereocenters. The number of rotatable bonds is 3. The molecule has 142 valence electrons. The van der Waals surface area contributed by atoms with E-state index in [1.54, 1.807) is 6.07 Å².